The van der Waals surface area contributed by atoms with Gasteiger partial charge in [0.25, 0.3) is 0 Å². The Balaban J connectivity index is 4.05. The third-order valence-corrected chi connectivity index (χ3v) is 2.60. The van der Waals surface area contributed by atoms with Crippen molar-refractivity contribution in [3.8, 4) is 0 Å². The standard InChI is InChI=1S/C13H28N2/c1-6-15(9-12(4)5)10-13(8-14)7-11(2)3/h11,13H,4,6-10,14H2,1-3,5H3. The van der Waals surface area contributed by atoms with Crippen molar-refractivity contribution in [2.45, 2.75) is 34.1 Å². The summed E-state index contributed by atoms with van der Waals surface area (Å²) in [5, 5.41) is 0. The van der Waals surface area contributed by atoms with Crippen molar-refractivity contribution in [3.63, 3.8) is 0 Å². The molecule has 0 radical (unpaired) electrons. The molecule has 2 heteroatoms. The van der Waals surface area contributed by atoms with Gasteiger partial charge in [0.05, 0.1) is 0 Å². The van der Waals surface area contributed by atoms with Gasteiger partial charge in [0.2, 0.25) is 0 Å². The van der Waals surface area contributed by atoms with Crippen LogP contribution in [-0.2, 0) is 0 Å². The lowest BCUT2D eigenvalue weighted by Gasteiger charge is -2.26. The fourth-order valence-electron chi connectivity index (χ4n) is 1.96. The van der Waals surface area contributed by atoms with Crippen LogP contribution in [-0.4, -0.2) is 31.1 Å². The van der Waals surface area contributed by atoms with Crippen molar-refractivity contribution in [1.29, 1.82) is 0 Å². The molecule has 0 aliphatic carbocycles. The van der Waals surface area contributed by atoms with E-state index < -0.39 is 0 Å². The lowest BCUT2D eigenvalue weighted by Crippen LogP contribution is -2.34. The van der Waals surface area contributed by atoms with E-state index in [-0.39, 0.29) is 0 Å². The first-order chi connectivity index (χ1) is 6.99. The number of hydrogen-bond donors (Lipinski definition) is 1. The molecule has 0 amide bonds. The van der Waals surface area contributed by atoms with Crippen LogP contribution >= 0.6 is 0 Å². The molecule has 2 nitrogen and oxygen atoms in total. The van der Waals surface area contributed by atoms with Gasteiger partial charge < -0.3 is 5.73 Å². The molecule has 0 bridgehead atoms. The number of likely N-dealkylation sites (N-methyl/N-ethyl adjacent to an activating group) is 1. The summed E-state index contributed by atoms with van der Waals surface area (Å²) in [6.45, 7) is 16.8. The third-order valence-electron chi connectivity index (χ3n) is 2.60. The van der Waals surface area contributed by atoms with Crippen LogP contribution in [0.15, 0.2) is 12.2 Å². The molecule has 0 fully saturated rings. The summed E-state index contributed by atoms with van der Waals surface area (Å²) in [5.41, 5.74) is 7.04. The molecule has 0 saturated heterocycles. The molecule has 0 heterocycles. The van der Waals surface area contributed by atoms with Crippen molar-refractivity contribution in [2.24, 2.45) is 17.6 Å². The zero-order chi connectivity index (χ0) is 11.8. The monoisotopic (exact) mass is 212 g/mol. The fraction of sp³-hybridized carbons (Fsp3) is 0.846. The summed E-state index contributed by atoms with van der Waals surface area (Å²) in [5.74, 6) is 1.37. The Bertz CT molecular complexity index is 175. The Kier molecular flexibility index (Phi) is 7.71. The summed E-state index contributed by atoms with van der Waals surface area (Å²) in [4.78, 5) is 2.43. The van der Waals surface area contributed by atoms with E-state index >= 15 is 0 Å². The molecule has 1 unspecified atom stereocenters. The van der Waals surface area contributed by atoms with Crippen LogP contribution in [0.5, 0.6) is 0 Å². The molecule has 1 atom stereocenters. The maximum Gasteiger partial charge on any atom is 0.0187 e. The zero-order valence-corrected chi connectivity index (χ0v) is 10.9. The highest BCUT2D eigenvalue weighted by Gasteiger charge is 2.13. The quantitative estimate of drug-likeness (QED) is 0.626. The van der Waals surface area contributed by atoms with Gasteiger partial charge in [-0.25, -0.2) is 0 Å². The van der Waals surface area contributed by atoms with E-state index in [0.29, 0.717) is 5.92 Å². The smallest absolute Gasteiger partial charge is 0.0187 e. The Morgan fingerprint density at radius 2 is 2.00 bits per heavy atom. The van der Waals surface area contributed by atoms with Gasteiger partial charge in [-0.15, -0.1) is 0 Å². The van der Waals surface area contributed by atoms with E-state index in [0.717, 1.165) is 32.1 Å². The molecular formula is C13H28N2. The molecule has 0 aliphatic rings. The Hall–Kier alpha value is -0.340. The second-order valence-corrected chi connectivity index (χ2v) is 5.02. The van der Waals surface area contributed by atoms with Crippen LogP contribution in [0.4, 0.5) is 0 Å². The second-order valence-electron chi connectivity index (χ2n) is 5.02. The minimum Gasteiger partial charge on any atom is -0.330 e. The van der Waals surface area contributed by atoms with E-state index in [1.807, 2.05) is 0 Å². The van der Waals surface area contributed by atoms with Crippen molar-refractivity contribution < 1.29 is 0 Å². The highest BCUT2D eigenvalue weighted by atomic mass is 15.1. The lowest BCUT2D eigenvalue weighted by atomic mass is 9.96. The molecule has 0 aromatic rings. The van der Waals surface area contributed by atoms with Crippen molar-refractivity contribution in [3.05, 3.63) is 12.2 Å². The van der Waals surface area contributed by atoms with Crippen LogP contribution in [0.25, 0.3) is 0 Å². The predicted molar refractivity (Wildman–Crippen MR) is 68.9 cm³/mol. The van der Waals surface area contributed by atoms with Crippen LogP contribution in [0.2, 0.25) is 0 Å². The summed E-state index contributed by atoms with van der Waals surface area (Å²) in [6.07, 6.45) is 1.23. The van der Waals surface area contributed by atoms with Crippen molar-refractivity contribution in [1.82, 2.24) is 4.90 Å². The van der Waals surface area contributed by atoms with E-state index in [2.05, 4.69) is 39.2 Å². The molecule has 2 N–H and O–H groups in total. The Labute approximate surface area is 95.5 Å². The zero-order valence-electron chi connectivity index (χ0n) is 10.9. The third kappa shape index (κ3) is 7.57. The second kappa shape index (κ2) is 7.89. The summed E-state index contributed by atoms with van der Waals surface area (Å²) < 4.78 is 0. The first-order valence-corrected chi connectivity index (χ1v) is 6.06. The van der Waals surface area contributed by atoms with Crippen molar-refractivity contribution in [2.75, 3.05) is 26.2 Å². The molecule has 0 aromatic carbocycles. The maximum atomic E-state index is 5.81. The Morgan fingerprint density at radius 3 is 2.33 bits per heavy atom. The largest absolute Gasteiger partial charge is 0.330 e. The summed E-state index contributed by atoms with van der Waals surface area (Å²) in [6, 6.07) is 0. The maximum absolute atomic E-state index is 5.81. The summed E-state index contributed by atoms with van der Waals surface area (Å²) >= 11 is 0. The van der Waals surface area contributed by atoms with Gasteiger partial charge in [-0.05, 0) is 38.3 Å². The van der Waals surface area contributed by atoms with Crippen LogP contribution in [0.1, 0.15) is 34.1 Å². The normalized spacial score (nSPS) is 13.5. The molecule has 15 heavy (non-hydrogen) atoms. The number of nitrogens with zero attached hydrogens (tertiary/aromatic N) is 1. The van der Waals surface area contributed by atoms with Crippen LogP contribution < -0.4 is 5.73 Å². The van der Waals surface area contributed by atoms with E-state index in [1.165, 1.54) is 12.0 Å². The fourth-order valence-corrected chi connectivity index (χ4v) is 1.96. The van der Waals surface area contributed by atoms with Crippen LogP contribution in [0.3, 0.4) is 0 Å². The lowest BCUT2D eigenvalue weighted by molar-refractivity contribution is 0.241. The number of nitrogens with two attached hydrogens (primary N) is 1. The molecule has 0 aliphatic heterocycles. The highest BCUT2D eigenvalue weighted by molar-refractivity contribution is 4.92. The van der Waals surface area contributed by atoms with E-state index in [4.69, 9.17) is 5.73 Å². The predicted octanol–water partition coefficient (Wildman–Crippen LogP) is 2.51. The van der Waals surface area contributed by atoms with Gasteiger partial charge in [-0.3, -0.25) is 4.90 Å². The number of rotatable bonds is 8. The van der Waals surface area contributed by atoms with Gasteiger partial charge in [0.15, 0.2) is 0 Å². The molecule has 0 saturated carbocycles. The molecule has 0 rings (SSSR count). The van der Waals surface area contributed by atoms with Crippen molar-refractivity contribution >= 4 is 0 Å². The Morgan fingerprint density at radius 1 is 1.40 bits per heavy atom. The molecule has 0 aromatic heterocycles. The van der Waals surface area contributed by atoms with Gasteiger partial charge in [-0.2, -0.15) is 0 Å². The van der Waals surface area contributed by atoms with Gasteiger partial charge >= 0.3 is 0 Å². The average Bonchev–Trinajstić information content (AvgIpc) is 2.14. The topological polar surface area (TPSA) is 29.3 Å². The molecular weight excluding hydrogens is 184 g/mol. The SMILES string of the molecule is C=C(C)CN(CC)CC(CN)CC(C)C. The van der Waals surface area contributed by atoms with E-state index in [1.54, 1.807) is 0 Å². The highest BCUT2D eigenvalue weighted by Crippen LogP contribution is 2.12. The van der Waals surface area contributed by atoms with Gasteiger partial charge in [-0.1, -0.05) is 32.9 Å². The average molecular weight is 212 g/mol. The summed E-state index contributed by atoms with van der Waals surface area (Å²) in [7, 11) is 0. The minimum absolute atomic E-state index is 0.629. The first kappa shape index (κ1) is 14.7. The molecule has 90 valence electrons. The number of hydrogen-bond acceptors (Lipinski definition) is 2. The molecule has 0 spiro atoms. The van der Waals surface area contributed by atoms with E-state index in [9.17, 15) is 0 Å². The van der Waals surface area contributed by atoms with Crippen LogP contribution in [0, 0.1) is 11.8 Å². The van der Waals surface area contributed by atoms with Gasteiger partial charge in [0.1, 0.15) is 0 Å². The van der Waals surface area contributed by atoms with Gasteiger partial charge in [0, 0.05) is 13.1 Å². The first-order valence-electron chi connectivity index (χ1n) is 6.06. The minimum atomic E-state index is 0.629.